The summed E-state index contributed by atoms with van der Waals surface area (Å²) in [6, 6.07) is 6.28. The van der Waals surface area contributed by atoms with Crippen molar-refractivity contribution in [3.63, 3.8) is 0 Å². The van der Waals surface area contributed by atoms with Gasteiger partial charge in [0.2, 0.25) is 0 Å². The molecule has 2 N–H and O–H groups in total. The maximum atomic E-state index is 5.91. The van der Waals surface area contributed by atoms with E-state index in [-0.39, 0.29) is 5.54 Å². The van der Waals surface area contributed by atoms with E-state index in [1.165, 1.54) is 11.1 Å². The van der Waals surface area contributed by atoms with Gasteiger partial charge in [0.05, 0.1) is 6.61 Å². The summed E-state index contributed by atoms with van der Waals surface area (Å²) in [7, 11) is 0. The lowest BCUT2D eigenvalue weighted by atomic mass is 10.0. The van der Waals surface area contributed by atoms with Crippen LogP contribution in [0.25, 0.3) is 0 Å². The topological polar surface area (TPSA) is 35.2 Å². The maximum Gasteiger partial charge on any atom is 0.122 e. The molecule has 0 saturated heterocycles. The van der Waals surface area contributed by atoms with Gasteiger partial charge in [-0.2, -0.15) is 0 Å². The van der Waals surface area contributed by atoms with Gasteiger partial charge in [-0.05, 0) is 57.7 Å². The van der Waals surface area contributed by atoms with Crippen molar-refractivity contribution in [3.8, 4) is 5.75 Å². The number of rotatable bonds is 5. The van der Waals surface area contributed by atoms with Gasteiger partial charge in [0.15, 0.2) is 0 Å². The van der Waals surface area contributed by atoms with Crippen LogP contribution in [0.2, 0.25) is 0 Å². The maximum absolute atomic E-state index is 5.91. The second kappa shape index (κ2) is 5.35. The van der Waals surface area contributed by atoms with Gasteiger partial charge >= 0.3 is 0 Å². The second-order valence-corrected chi connectivity index (χ2v) is 5.21. The Balaban J connectivity index is 2.40. The lowest BCUT2D eigenvalue weighted by molar-refractivity contribution is 0.288. The molecule has 1 rings (SSSR count). The van der Waals surface area contributed by atoms with Gasteiger partial charge in [0.1, 0.15) is 5.75 Å². The second-order valence-electron chi connectivity index (χ2n) is 5.21. The third-order valence-corrected chi connectivity index (χ3v) is 2.57. The van der Waals surface area contributed by atoms with Crippen molar-refractivity contribution in [1.82, 2.24) is 0 Å². The van der Waals surface area contributed by atoms with E-state index in [0.29, 0.717) is 0 Å². The first-order valence-electron chi connectivity index (χ1n) is 5.87. The zero-order valence-corrected chi connectivity index (χ0v) is 10.8. The van der Waals surface area contributed by atoms with E-state index >= 15 is 0 Å². The molecular weight excluding hydrogens is 198 g/mol. The van der Waals surface area contributed by atoms with Crippen LogP contribution in [-0.2, 0) is 0 Å². The number of hydrogen-bond acceptors (Lipinski definition) is 2. The third kappa shape index (κ3) is 4.67. The van der Waals surface area contributed by atoms with E-state index in [2.05, 4.69) is 32.0 Å². The Morgan fingerprint density at radius 3 is 2.56 bits per heavy atom. The highest BCUT2D eigenvalue weighted by Gasteiger charge is 2.09. The van der Waals surface area contributed by atoms with Crippen molar-refractivity contribution in [3.05, 3.63) is 29.3 Å². The molecule has 0 spiro atoms. The fourth-order valence-electron chi connectivity index (χ4n) is 1.57. The molecule has 0 unspecified atom stereocenters. The number of hydrogen-bond donors (Lipinski definition) is 1. The molecule has 16 heavy (non-hydrogen) atoms. The number of nitrogens with two attached hydrogens (primary N) is 1. The summed E-state index contributed by atoms with van der Waals surface area (Å²) < 4.78 is 5.76. The highest BCUT2D eigenvalue weighted by Crippen LogP contribution is 2.19. The van der Waals surface area contributed by atoms with Crippen LogP contribution in [-0.4, -0.2) is 12.1 Å². The van der Waals surface area contributed by atoms with E-state index in [1.807, 2.05) is 13.8 Å². The highest BCUT2D eigenvalue weighted by atomic mass is 16.5. The summed E-state index contributed by atoms with van der Waals surface area (Å²) in [5.41, 5.74) is 8.25. The average molecular weight is 221 g/mol. The van der Waals surface area contributed by atoms with Gasteiger partial charge in [-0.15, -0.1) is 0 Å². The lowest BCUT2D eigenvalue weighted by Crippen LogP contribution is -2.32. The first-order chi connectivity index (χ1) is 7.38. The Hall–Kier alpha value is -1.02. The molecule has 0 bridgehead atoms. The third-order valence-electron chi connectivity index (χ3n) is 2.57. The number of aryl methyl sites for hydroxylation is 2. The summed E-state index contributed by atoms with van der Waals surface area (Å²) in [6.07, 6.45) is 1.98. The standard InChI is InChI=1S/C14H23NO/c1-11-6-7-12(2)13(10-11)16-9-5-8-14(3,4)15/h6-7,10H,5,8-9,15H2,1-4H3. The molecule has 0 aliphatic rings. The normalized spacial score (nSPS) is 11.6. The highest BCUT2D eigenvalue weighted by molar-refractivity contribution is 5.35. The molecule has 1 aromatic rings. The zero-order chi connectivity index (χ0) is 12.2. The molecule has 90 valence electrons. The molecule has 2 nitrogen and oxygen atoms in total. The number of ether oxygens (including phenoxy) is 1. The molecule has 0 saturated carbocycles. The van der Waals surface area contributed by atoms with E-state index in [1.54, 1.807) is 0 Å². The van der Waals surface area contributed by atoms with E-state index in [0.717, 1.165) is 25.2 Å². The largest absolute Gasteiger partial charge is 0.493 e. The Kier molecular flexibility index (Phi) is 4.36. The van der Waals surface area contributed by atoms with E-state index in [4.69, 9.17) is 10.5 Å². The Bertz CT molecular complexity index is 339. The Morgan fingerprint density at radius 1 is 1.25 bits per heavy atom. The minimum absolute atomic E-state index is 0.0923. The SMILES string of the molecule is Cc1ccc(C)c(OCCCC(C)(C)N)c1. The summed E-state index contributed by atoms with van der Waals surface area (Å²) >= 11 is 0. The van der Waals surface area contributed by atoms with E-state index in [9.17, 15) is 0 Å². The first-order valence-corrected chi connectivity index (χ1v) is 5.87. The monoisotopic (exact) mass is 221 g/mol. The zero-order valence-electron chi connectivity index (χ0n) is 10.8. The van der Waals surface area contributed by atoms with Gasteiger partial charge in [-0.1, -0.05) is 12.1 Å². The van der Waals surface area contributed by atoms with Crippen LogP contribution in [0.1, 0.15) is 37.8 Å². The summed E-state index contributed by atoms with van der Waals surface area (Å²) in [5, 5.41) is 0. The van der Waals surface area contributed by atoms with Crippen LogP contribution < -0.4 is 10.5 Å². The summed E-state index contributed by atoms with van der Waals surface area (Å²) in [6.45, 7) is 8.98. The average Bonchev–Trinajstić information content (AvgIpc) is 2.16. The van der Waals surface area contributed by atoms with Crippen LogP contribution in [0.5, 0.6) is 5.75 Å². The quantitative estimate of drug-likeness (QED) is 0.775. The van der Waals surface area contributed by atoms with Gasteiger partial charge in [-0.3, -0.25) is 0 Å². The molecule has 0 heterocycles. The molecule has 0 amide bonds. The van der Waals surface area contributed by atoms with Gasteiger partial charge in [0, 0.05) is 5.54 Å². The van der Waals surface area contributed by atoms with Crippen LogP contribution in [0, 0.1) is 13.8 Å². The smallest absolute Gasteiger partial charge is 0.122 e. The Morgan fingerprint density at radius 2 is 1.94 bits per heavy atom. The van der Waals surface area contributed by atoms with Crippen LogP contribution in [0.15, 0.2) is 18.2 Å². The van der Waals surface area contributed by atoms with Gasteiger partial charge in [-0.25, -0.2) is 0 Å². The molecule has 0 aromatic heterocycles. The minimum Gasteiger partial charge on any atom is -0.493 e. The molecule has 2 heteroatoms. The van der Waals surface area contributed by atoms with Gasteiger partial charge in [0.25, 0.3) is 0 Å². The van der Waals surface area contributed by atoms with Crippen LogP contribution >= 0.6 is 0 Å². The predicted octanol–water partition coefficient (Wildman–Crippen LogP) is 3.20. The lowest BCUT2D eigenvalue weighted by Gasteiger charge is -2.18. The predicted molar refractivity (Wildman–Crippen MR) is 68.9 cm³/mol. The fourth-order valence-corrected chi connectivity index (χ4v) is 1.57. The number of benzene rings is 1. The van der Waals surface area contributed by atoms with Crippen LogP contribution in [0.3, 0.4) is 0 Å². The molecule has 0 radical (unpaired) electrons. The minimum atomic E-state index is -0.0923. The van der Waals surface area contributed by atoms with E-state index < -0.39 is 0 Å². The molecule has 0 aliphatic carbocycles. The van der Waals surface area contributed by atoms with Gasteiger partial charge < -0.3 is 10.5 Å². The molecule has 0 fully saturated rings. The fraction of sp³-hybridized carbons (Fsp3) is 0.571. The van der Waals surface area contributed by atoms with Crippen LogP contribution in [0.4, 0.5) is 0 Å². The summed E-state index contributed by atoms with van der Waals surface area (Å²) in [5.74, 6) is 0.995. The molecule has 0 atom stereocenters. The van der Waals surface area contributed by atoms with Crippen molar-refractivity contribution >= 4 is 0 Å². The molecule has 0 aliphatic heterocycles. The van der Waals surface area contributed by atoms with Crippen molar-refractivity contribution in [2.45, 2.75) is 46.1 Å². The van der Waals surface area contributed by atoms with Crippen molar-refractivity contribution in [2.24, 2.45) is 5.73 Å². The Labute approximate surface area is 98.8 Å². The molecule has 1 aromatic carbocycles. The molecular formula is C14H23NO. The van der Waals surface area contributed by atoms with Crippen molar-refractivity contribution in [1.29, 1.82) is 0 Å². The van der Waals surface area contributed by atoms with Crippen molar-refractivity contribution in [2.75, 3.05) is 6.61 Å². The first kappa shape index (κ1) is 13.0. The van der Waals surface area contributed by atoms with Crippen molar-refractivity contribution < 1.29 is 4.74 Å². The summed E-state index contributed by atoms with van der Waals surface area (Å²) in [4.78, 5) is 0.